The number of rotatable bonds is 5. The summed E-state index contributed by atoms with van der Waals surface area (Å²) in [6.07, 6.45) is -4.02. The van der Waals surface area contributed by atoms with Gasteiger partial charge in [-0.05, 0) is 37.1 Å². The van der Waals surface area contributed by atoms with E-state index < -0.39 is 53.9 Å². The van der Waals surface area contributed by atoms with Crippen molar-refractivity contribution in [3.05, 3.63) is 64.5 Å². The van der Waals surface area contributed by atoms with Gasteiger partial charge >= 0.3 is 12.6 Å². The van der Waals surface area contributed by atoms with Crippen LogP contribution in [0.3, 0.4) is 0 Å². The average molecular weight is 523 g/mol. The number of benzene rings is 1. The molecule has 2 heterocycles. The summed E-state index contributed by atoms with van der Waals surface area (Å²) >= 11 is 0. The highest BCUT2D eigenvalue weighted by molar-refractivity contribution is 6.03. The molecule has 4 rings (SSSR count). The zero-order chi connectivity index (χ0) is 26.9. The number of hydrogen-bond donors (Lipinski definition) is 3. The molecule has 1 saturated carbocycles. The Kier molecular flexibility index (Phi) is 7.23. The molecular formula is C24H22F5N5O3. The number of alkyl halides is 5. The number of amides is 2. The fourth-order valence-corrected chi connectivity index (χ4v) is 4.54. The standard InChI is InChI=1S/C24H22F5N5O3/c25-19(26)21(31)37-20(30)13-9-15-17(32-10-13)11-34(23(15)36)18-7-2-1-6-16(18)33-22(35)12-4-3-5-14(8-12)24(27,28)29/h3-5,8-10,16,18-19,30-31H,1-2,6-7,11H2,(H,33,35)/t16-,18?/m1/s1. The lowest BCUT2D eigenvalue weighted by molar-refractivity contribution is -0.137. The number of halogens is 5. The molecule has 2 atom stereocenters. The summed E-state index contributed by atoms with van der Waals surface area (Å²) in [6.45, 7) is 0.107. The van der Waals surface area contributed by atoms with E-state index in [4.69, 9.17) is 10.8 Å². The van der Waals surface area contributed by atoms with Crippen LogP contribution in [-0.2, 0) is 17.5 Å². The van der Waals surface area contributed by atoms with E-state index in [1.807, 2.05) is 0 Å². The van der Waals surface area contributed by atoms with E-state index in [0.717, 1.165) is 31.0 Å². The second-order valence-electron chi connectivity index (χ2n) is 8.76. The Hall–Kier alpha value is -3.90. The Morgan fingerprint density at radius 1 is 1.14 bits per heavy atom. The van der Waals surface area contributed by atoms with Crippen molar-refractivity contribution in [3.63, 3.8) is 0 Å². The first-order valence-electron chi connectivity index (χ1n) is 11.4. The van der Waals surface area contributed by atoms with Gasteiger partial charge in [0.2, 0.25) is 5.90 Å². The van der Waals surface area contributed by atoms with Crippen LogP contribution < -0.4 is 5.32 Å². The molecule has 2 amide bonds. The van der Waals surface area contributed by atoms with Crippen LogP contribution in [0, 0.1) is 10.8 Å². The molecule has 1 aromatic carbocycles. The highest BCUT2D eigenvalue weighted by atomic mass is 19.4. The van der Waals surface area contributed by atoms with Gasteiger partial charge in [-0.1, -0.05) is 18.9 Å². The van der Waals surface area contributed by atoms with Crippen LogP contribution >= 0.6 is 0 Å². The highest BCUT2D eigenvalue weighted by Gasteiger charge is 2.40. The monoisotopic (exact) mass is 523 g/mol. The first-order chi connectivity index (χ1) is 17.5. The molecule has 13 heteroatoms. The molecule has 1 fully saturated rings. The van der Waals surface area contributed by atoms with Crippen molar-refractivity contribution >= 4 is 23.6 Å². The van der Waals surface area contributed by atoms with Crippen molar-refractivity contribution < 1.29 is 36.3 Å². The summed E-state index contributed by atoms with van der Waals surface area (Å²) in [5.74, 6) is -3.28. The number of pyridine rings is 1. The van der Waals surface area contributed by atoms with Gasteiger partial charge in [0.25, 0.3) is 17.7 Å². The summed E-state index contributed by atoms with van der Waals surface area (Å²) in [6, 6.07) is 4.42. The smallest absolute Gasteiger partial charge is 0.416 e. The molecule has 1 aromatic heterocycles. The first-order valence-corrected chi connectivity index (χ1v) is 11.4. The molecule has 2 aliphatic rings. The third-order valence-corrected chi connectivity index (χ3v) is 6.35. The van der Waals surface area contributed by atoms with Crippen LogP contribution in [0.5, 0.6) is 0 Å². The normalized spacial score (nSPS) is 19.5. The minimum absolute atomic E-state index is 0.0580. The number of nitrogens with zero attached hydrogens (tertiary/aromatic N) is 2. The number of carbonyl (C=O) groups is 2. The lowest BCUT2D eigenvalue weighted by Gasteiger charge is -2.38. The van der Waals surface area contributed by atoms with Gasteiger partial charge in [-0.25, -0.2) is 0 Å². The van der Waals surface area contributed by atoms with E-state index in [2.05, 4.69) is 15.0 Å². The maximum atomic E-state index is 13.2. The van der Waals surface area contributed by atoms with Crippen LogP contribution in [-0.4, -0.2) is 52.0 Å². The molecule has 0 saturated heterocycles. The molecule has 1 aliphatic heterocycles. The second kappa shape index (κ2) is 10.2. The predicted octanol–water partition coefficient (Wildman–Crippen LogP) is 4.38. The van der Waals surface area contributed by atoms with Crippen LogP contribution in [0.25, 0.3) is 0 Å². The third-order valence-electron chi connectivity index (χ3n) is 6.35. The largest absolute Gasteiger partial charge is 0.419 e. The third kappa shape index (κ3) is 5.59. The summed E-state index contributed by atoms with van der Waals surface area (Å²) in [7, 11) is 0. The van der Waals surface area contributed by atoms with Crippen molar-refractivity contribution in [2.45, 2.75) is 56.9 Å². The van der Waals surface area contributed by atoms with Crippen LogP contribution in [0.4, 0.5) is 22.0 Å². The lowest BCUT2D eigenvalue weighted by atomic mass is 9.89. The first kappa shape index (κ1) is 26.2. The SMILES string of the molecule is N=C(OC(=N)C(F)F)c1cnc2c(c1)C(=O)N(C1CCCC[C@H]1NC(=O)c1cccc(C(F)(F)F)c1)C2. The fourth-order valence-electron chi connectivity index (χ4n) is 4.54. The summed E-state index contributed by atoms with van der Waals surface area (Å²) < 4.78 is 68.8. The summed E-state index contributed by atoms with van der Waals surface area (Å²) in [5, 5.41) is 17.6. The van der Waals surface area contributed by atoms with Crippen molar-refractivity contribution in [1.82, 2.24) is 15.2 Å². The van der Waals surface area contributed by atoms with Gasteiger partial charge in [0.15, 0.2) is 0 Å². The Morgan fingerprint density at radius 3 is 2.57 bits per heavy atom. The van der Waals surface area contributed by atoms with Crippen LogP contribution in [0.2, 0.25) is 0 Å². The zero-order valence-corrected chi connectivity index (χ0v) is 19.2. The summed E-state index contributed by atoms with van der Waals surface area (Å²) in [5.41, 5.74) is -0.612. The van der Waals surface area contributed by atoms with Gasteiger partial charge in [-0.2, -0.15) is 22.0 Å². The quantitative estimate of drug-likeness (QED) is 0.306. The van der Waals surface area contributed by atoms with Gasteiger partial charge in [-0.15, -0.1) is 0 Å². The van der Waals surface area contributed by atoms with Gasteiger partial charge in [0.05, 0.1) is 35.0 Å². The lowest BCUT2D eigenvalue weighted by Crippen LogP contribution is -2.53. The predicted molar refractivity (Wildman–Crippen MR) is 121 cm³/mol. The Labute approximate surface area is 207 Å². The number of nitrogens with one attached hydrogen (secondary N) is 3. The van der Waals surface area contributed by atoms with Gasteiger partial charge < -0.3 is 15.0 Å². The molecular weight excluding hydrogens is 501 g/mol. The topological polar surface area (TPSA) is 119 Å². The fraction of sp³-hybridized carbons (Fsp3) is 0.375. The molecule has 0 bridgehead atoms. The maximum absolute atomic E-state index is 13.2. The molecule has 3 N–H and O–H groups in total. The van der Waals surface area contributed by atoms with Crippen LogP contribution in [0.1, 0.15) is 63.2 Å². The highest BCUT2D eigenvalue weighted by Crippen LogP contribution is 2.32. The van der Waals surface area contributed by atoms with Crippen molar-refractivity contribution in [2.75, 3.05) is 0 Å². The number of hydrogen-bond acceptors (Lipinski definition) is 6. The molecule has 37 heavy (non-hydrogen) atoms. The number of aromatic nitrogens is 1. The van der Waals surface area contributed by atoms with Crippen molar-refractivity contribution in [3.8, 4) is 0 Å². The Bertz CT molecular complexity index is 1250. The summed E-state index contributed by atoms with van der Waals surface area (Å²) in [4.78, 5) is 31.7. The molecule has 8 nitrogen and oxygen atoms in total. The maximum Gasteiger partial charge on any atom is 0.416 e. The average Bonchev–Trinajstić information content (AvgIpc) is 3.19. The molecule has 2 aromatic rings. The van der Waals surface area contributed by atoms with E-state index >= 15 is 0 Å². The Morgan fingerprint density at radius 2 is 1.86 bits per heavy atom. The number of carbonyl (C=O) groups excluding carboxylic acids is 2. The van der Waals surface area contributed by atoms with E-state index in [0.29, 0.717) is 18.5 Å². The molecule has 0 radical (unpaired) electrons. The van der Waals surface area contributed by atoms with Gasteiger partial charge in [0, 0.05) is 17.8 Å². The Balaban J connectivity index is 1.50. The van der Waals surface area contributed by atoms with E-state index in [1.54, 1.807) is 0 Å². The van der Waals surface area contributed by atoms with Crippen molar-refractivity contribution in [2.24, 2.45) is 0 Å². The van der Waals surface area contributed by atoms with Crippen molar-refractivity contribution in [1.29, 1.82) is 10.8 Å². The molecule has 196 valence electrons. The minimum Gasteiger partial charge on any atom is -0.419 e. The molecule has 0 spiro atoms. The number of ether oxygens (including phenoxy) is 1. The zero-order valence-electron chi connectivity index (χ0n) is 19.2. The number of fused-ring (bicyclic) bond motifs is 1. The van der Waals surface area contributed by atoms with Gasteiger partial charge in [-0.3, -0.25) is 25.4 Å². The second-order valence-corrected chi connectivity index (χ2v) is 8.76. The minimum atomic E-state index is -4.59. The van der Waals surface area contributed by atoms with E-state index in [1.165, 1.54) is 23.2 Å². The molecule has 1 unspecified atom stereocenters. The van der Waals surface area contributed by atoms with E-state index in [-0.39, 0.29) is 23.2 Å². The van der Waals surface area contributed by atoms with E-state index in [9.17, 15) is 31.5 Å². The van der Waals surface area contributed by atoms with Gasteiger partial charge in [0.1, 0.15) is 0 Å². The molecule has 1 aliphatic carbocycles. The van der Waals surface area contributed by atoms with Crippen LogP contribution in [0.15, 0.2) is 36.5 Å².